The number of nitrogens with two attached hydrogens (primary N) is 1. The number of benzene rings is 1. The molecule has 7 nitrogen and oxygen atoms in total. The molecule has 0 aliphatic rings. The molecule has 0 aliphatic heterocycles. The summed E-state index contributed by atoms with van der Waals surface area (Å²) in [6, 6.07) is 9.19. The second kappa shape index (κ2) is 6.46. The van der Waals surface area contributed by atoms with Crippen LogP contribution in [0.15, 0.2) is 28.7 Å². The number of rotatable bonds is 5. The average Bonchev–Trinajstić information content (AvgIpc) is 2.97. The quantitative estimate of drug-likeness (QED) is 0.740. The number of anilines is 3. The Balaban J connectivity index is 1.94. The molecule has 0 spiro atoms. The lowest BCUT2D eigenvalue weighted by Gasteiger charge is -2.11. The summed E-state index contributed by atoms with van der Waals surface area (Å²) in [5.74, 6) is 1.41. The number of ether oxygens (including phenoxy) is 1. The minimum absolute atomic E-state index is 0.221. The minimum Gasteiger partial charge on any atom is -0.477 e. The zero-order valence-corrected chi connectivity index (χ0v) is 13.5. The summed E-state index contributed by atoms with van der Waals surface area (Å²) < 4.78 is 11.0. The molecule has 2 aromatic heterocycles. The van der Waals surface area contributed by atoms with Crippen molar-refractivity contribution in [3.8, 4) is 11.9 Å². The fourth-order valence-electron chi connectivity index (χ4n) is 2.31. The van der Waals surface area contributed by atoms with Crippen LogP contribution < -0.4 is 15.8 Å². The van der Waals surface area contributed by atoms with Crippen molar-refractivity contribution in [2.24, 2.45) is 0 Å². The zero-order valence-electron chi connectivity index (χ0n) is 13.5. The van der Waals surface area contributed by atoms with E-state index in [1.807, 2.05) is 38.1 Å². The number of aromatic nitrogens is 2. The lowest BCUT2D eigenvalue weighted by molar-refractivity contribution is 0.326. The molecule has 3 rings (SSSR count). The van der Waals surface area contributed by atoms with E-state index in [1.165, 1.54) is 0 Å². The van der Waals surface area contributed by atoms with E-state index in [0.29, 0.717) is 24.0 Å². The predicted molar refractivity (Wildman–Crippen MR) is 91.2 cm³/mol. The molecule has 0 unspecified atom stereocenters. The summed E-state index contributed by atoms with van der Waals surface area (Å²) in [6.45, 7) is 4.21. The standard InChI is InChI=1S/C17H17N5O2/c1-3-16-21-13-7-10(5-6-14(13)24-16)20-15-8-12(19)11(9-18)17(22-15)23-4-2/h5-8H,3-4H2,1-2H3,(H3,19,20,22). The lowest BCUT2D eigenvalue weighted by Crippen LogP contribution is -2.04. The van der Waals surface area contributed by atoms with Crippen molar-refractivity contribution >= 4 is 28.3 Å². The van der Waals surface area contributed by atoms with E-state index in [0.717, 1.165) is 23.2 Å². The summed E-state index contributed by atoms with van der Waals surface area (Å²) in [6.07, 6.45) is 0.739. The van der Waals surface area contributed by atoms with E-state index >= 15 is 0 Å². The molecule has 0 aliphatic carbocycles. The Hall–Kier alpha value is -3.27. The van der Waals surface area contributed by atoms with Gasteiger partial charge in [0.25, 0.3) is 0 Å². The molecule has 0 fully saturated rings. The smallest absolute Gasteiger partial charge is 0.235 e. The van der Waals surface area contributed by atoms with Crippen LogP contribution in [0.1, 0.15) is 25.3 Å². The van der Waals surface area contributed by atoms with Gasteiger partial charge in [0.05, 0.1) is 12.3 Å². The van der Waals surface area contributed by atoms with E-state index in [4.69, 9.17) is 20.1 Å². The third kappa shape index (κ3) is 2.94. The Morgan fingerprint density at radius 2 is 2.12 bits per heavy atom. The number of aryl methyl sites for hydroxylation is 1. The van der Waals surface area contributed by atoms with E-state index in [-0.39, 0.29) is 11.4 Å². The van der Waals surface area contributed by atoms with Crippen molar-refractivity contribution in [3.63, 3.8) is 0 Å². The number of nitrogens with one attached hydrogen (secondary N) is 1. The molecule has 0 atom stereocenters. The Morgan fingerprint density at radius 3 is 2.83 bits per heavy atom. The molecule has 122 valence electrons. The number of nitrogen functional groups attached to an aromatic ring is 1. The van der Waals surface area contributed by atoms with Crippen LogP contribution in [-0.2, 0) is 6.42 Å². The highest BCUT2D eigenvalue weighted by atomic mass is 16.5. The van der Waals surface area contributed by atoms with Crippen LogP contribution in [-0.4, -0.2) is 16.6 Å². The number of hydrogen-bond acceptors (Lipinski definition) is 7. The van der Waals surface area contributed by atoms with Gasteiger partial charge in [0.15, 0.2) is 11.5 Å². The van der Waals surface area contributed by atoms with Crippen LogP contribution >= 0.6 is 0 Å². The van der Waals surface area contributed by atoms with Gasteiger partial charge in [-0.25, -0.2) is 4.98 Å². The number of pyridine rings is 1. The van der Waals surface area contributed by atoms with Crippen molar-refractivity contribution in [1.82, 2.24) is 9.97 Å². The number of oxazole rings is 1. The van der Waals surface area contributed by atoms with Crippen molar-refractivity contribution < 1.29 is 9.15 Å². The third-order valence-electron chi connectivity index (χ3n) is 3.42. The number of nitrogens with zero attached hydrogens (tertiary/aromatic N) is 3. The molecule has 24 heavy (non-hydrogen) atoms. The maximum Gasteiger partial charge on any atom is 0.235 e. The fraction of sp³-hybridized carbons (Fsp3) is 0.235. The molecule has 0 radical (unpaired) electrons. The van der Waals surface area contributed by atoms with Gasteiger partial charge in [0.2, 0.25) is 5.88 Å². The van der Waals surface area contributed by atoms with Crippen LogP contribution in [0.3, 0.4) is 0 Å². The molecule has 0 bridgehead atoms. The van der Waals surface area contributed by atoms with Gasteiger partial charge in [-0.15, -0.1) is 0 Å². The highest BCUT2D eigenvalue weighted by molar-refractivity contribution is 5.79. The van der Waals surface area contributed by atoms with Crippen molar-refractivity contribution in [2.45, 2.75) is 20.3 Å². The monoisotopic (exact) mass is 323 g/mol. The predicted octanol–water partition coefficient (Wildman–Crippen LogP) is 3.38. The SMILES string of the molecule is CCOc1nc(Nc2ccc3oc(CC)nc3c2)cc(N)c1C#N. The highest BCUT2D eigenvalue weighted by Crippen LogP contribution is 2.28. The van der Waals surface area contributed by atoms with Gasteiger partial charge in [-0.05, 0) is 25.1 Å². The maximum absolute atomic E-state index is 9.16. The second-order valence-electron chi connectivity index (χ2n) is 5.09. The fourth-order valence-corrected chi connectivity index (χ4v) is 2.31. The molecule has 1 aromatic carbocycles. The highest BCUT2D eigenvalue weighted by Gasteiger charge is 2.12. The summed E-state index contributed by atoms with van der Waals surface area (Å²) in [5, 5.41) is 12.3. The van der Waals surface area contributed by atoms with Gasteiger partial charge in [-0.3, -0.25) is 0 Å². The van der Waals surface area contributed by atoms with Crippen LogP contribution in [0.25, 0.3) is 11.1 Å². The minimum atomic E-state index is 0.221. The van der Waals surface area contributed by atoms with Crippen LogP contribution in [0.5, 0.6) is 5.88 Å². The first-order valence-corrected chi connectivity index (χ1v) is 7.64. The maximum atomic E-state index is 9.16. The van der Waals surface area contributed by atoms with Crippen LogP contribution in [0.2, 0.25) is 0 Å². The molecule has 2 heterocycles. The van der Waals surface area contributed by atoms with Gasteiger partial charge in [-0.2, -0.15) is 10.2 Å². The first-order chi connectivity index (χ1) is 11.6. The molecule has 0 saturated carbocycles. The first kappa shape index (κ1) is 15.6. The summed E-state index contributed by atoms with van der Waals surface area (Å²) in [4.78, 5) is 8.72. The van der Waals surface area contributed by atoms with Gasteiger partial charge < -0.3 is 20.2 Å². The average molecular weight is 323 g/mol. The Bertz CT molecular complexity index is 927. The largest absolute Gasteiger partial charge is 0.477 e. The normalized spacial score (nSPS) is 10.5. The molecule has 7 heteroatoms. The Labute approximate surface area is 139 Å². The molecule has 3 aromatic rings. The van der Waals surface area contributed by atoms with E-state index in [9.17, 15) is 0 Å². The van der Waals surface area contributed by atoms with E-state index in [1.54, 1.807) is 6.07 Å². The van der Waals surface area contributed by atoms with Crippen molar-refractivity contribution in [1.29, 1.82) is 5.26 Å². The topological polar surface area (TPSA) is 110 Å². The zero-order chi connectivity index (χ0) is 17.1. The number of fused-ring (bicyclic) bond motifs is 1. The summed E-state index contributed by atoms with van der Waals surface area (Å²) in [7, 11) is 0. The first-order valence-electron chi connectivity index (χ1n) is 7.64. The van der Waals surface area contributed by atoms with Gasteiger partial charge in [-0.1, -0.05) is 6.92 Å². The summed E-state index contributed by atoms with van der Waals surface area (Å²) in [5.41, 5.74) is 8.76. The van der Waals surface area contributed by atoms with E-state index in [2.05, 4.69) is 15.3 Å². The van der Waals surface area contributed by atoms with Crippen molar-refractivity contribution in [3.05, 3.63) is 35.7 Å². The van der Waals surface area contributed by atoms with Crippen LogP contribution in [0, 0.1) is 11.3 Å². The van der Waals surface area contributed by atoms with Gasteiger partial charge in [0.1, 0.15) is 23.0 Å². The third-order valence-corrected chi connectivity index (χ3v) is 3.42. The van der Waals surface area contributed by atoms with Crippen LogP contribution in [0.4, 0.5) is 17.2 Å². The lowest BCUT2D eigenvalue weighted by atomic mass is 10.2. The molecule has 0 saturated heterocycles. The number of hydrogen-bond donors (Lipinski definition) is 2. The van der Waals surface area contributed by atoms with Gasteiger partial charge in [0, 0.05) is 18.2 Å². The molecule has 0 amide bonds. The Morgan fingerprint density at radius 1 is 1.29 bits per heavy atom. The number of nitriles is 1. The Kier molecular flexibility index (Phi) is 4.20. The van der Waals surface area contributed by atoms with E-state index < -0.39 is 0 Å². The molecular weight excluding hydrogens is 306 g/mol. The molecular formula is C17H17N5O2. The van der Waals surface area contributed by atoms with Gasteiger partial charge >= 0.3 is 0 Å². The summed E-state index contributed by atoms with van der Waals surface area (Å²) >= 11 is 0. The molecule has 3 N–H and O–H groups in total. The van der Waals surface area contributed by atoms with Crippen molar-refractivity contribution in [2.75, 3.05) is 17.7 Å². The second-order valence-corrected chi connectivity index (χ2v) is 5.09.